The van der Waals surface area contributed by atoms with Crippen LogP contribution in [-0.4, -0.2) is 15.8 Å². The van der Waals surface area contributed by atoms with E-state index in [0.717, 1.165) is 33.2 Å². The Hall–Kier alpha value is -2.37. The molecular weight excluding hydrogens is 408 g/mol. The highest BCUT2D eigenvalue weighted by Gasteiger charge is 2.14. The molecule has 0 saturated carbocycles. The summed E-state index contributed by atoms with van der Waals surface area (Å²) in [6.45, 7) is 0. The lowest BCUT2D eigenvalue weighted by atomic mass is 10.0. The number of carbonyl (C=O) groups is 1. The number of aryl methyl sites for hydroxylation is 2. The number of para-hydroxylation sites is 1. The van der Waals surface area contributed by atoms with Gasteiger partial charge in [-0.1, -0.05) is 36.4 Å². The van der Waals surface area contributed by atoms with Crippen molar-refractivity contribution in [1.82, 2.24) is 9.97 Å². The van der Waals surface area contributed by atoms with Crippen LogP contribution in [0.25, 0.3) is 10.2 Å². The molecule has 0 unspecified atom stereocenters. The lowest BCUT2D eigenvalue weighted by Crippen LogP contribution is -2.01. The number of ketones is 1. The third kappa shape index (κ3) is 3.59. The quantitative estimate of drug-likeness (QED) is 0.400. The molecule has 128 valence electrons. The van der Waals surface area contributed by atoms with E-state index in [9.17, 15) is 4.79 Å². The van der Waals surface area contributed by atoms with Crippen molar-refractivity contribution in [1.29, 1.82) is 0 Å². The molecule has 0 fully saturated rings. The Kier molecular flexibility index (Phi) is 4.91. The van der Waals surface area contributed by atoms with Gasteiger partial charge in [0, 0.05) is 16.2 Å². The molecule has 26 heavy (non-hydrogen) atoms. The molecule has 2 aromatic carbocycles. The fourth-order valence-corrected chi connectivity index (χ4v) is 4.16. The SMILES string of the molecule is O=C(c1ccc(CCc2ncccc2Br)cc1)c1nc2ccccc2s1. The number of nitrogens with zero attached hydrogens (tertiary/aromatic N) is 2. The molecule has 0 N–H and O–H groups in total. The monoisotopic (exact) mass is 422 g/mol. The zero-order valence-corrected chi connectivity index (χ0v) is 16.3. The van der Waals surface area contributed by atoms with Crippen LogP contribution in [0.15, 0.2) is 71.3 Å². The number of hydrogen-bond donors (Lipinski definition) is 0. The van der Waals surface area contributed by atoms with Crippen molar-refractivity contribution in [3.63, 3.8) is 0 Å². The van der Waals surface area contributed by atoms with Crippen molar-refractivity contribution < 1.29 is 4.79 Å². The molecule has 2 heterocycles. The highest BCUT2D eigenvalue weighted by molar-refractivity contribution is 9.10. The summed E-state index contributed by atoms with van der Waals surface area (Å²) in [5.74, 6) is -0.0229. The normalized spacial score (nSPS) is 11.0. The van der Waals surface area contributed by atoms with Crippen molar-refractivity contribution in [2.75, 3.05) is 0 Å². The molecular formula is C21H15BrN2OS. The van der Waals surface area contributed by atoms with E-state index >= 15 is 0 Å². The number of fused-ring (bicyclic) bond motifs is 1. The Morgan fingerprint density at radius 2 is 1.77 bits per heavy atom. The Morgan fingerprint density at radius 1 is 0.962 bits per heavy atom. The lowest BCUT2D eigenvalue weighted by Gasteiger charge is -2.04. The Bertz CT molecular complexity index is 1040. The van der Waals surface area contributed by atoms with Crippen LogP contribution in [0.5, 0.6) is 0 Å². The van der Waals surface area contributed by atoms with Crippen LogP contribution in [0, 0.1) is 0 Å². The van der Waals surface area contributed by atoms with Gasteiger partial charge in [-0.2, -0.15) is 0 Å². The van der Waals surface area contributed by atoms with Crippen LogP contribution in [0.1, 0.15) is 26.6 Å². The molecule has 0 aliphatic heterocycles. The fraction of sp³-hybridized carbons (Fsp3) is 0.0952. The van der Waals surface area contributed by atoms with E-state index in [4.69, 9.17) is 0 Å². The van der Waals surface area contributed by atoms with Crippen LogP contribution < -0.4 is 0 Å². The molecule has 5 heteroatoms. The van der Waals surface area contributed by atoms with Gasteiger partial charge in [0.15, 0.2) is 5.01 Å². The van der Waals surface area contributed by atoms with Crippen LogP contribution in [0.4, 0.5) is 0 Å². The maximum atomic E-state index is 12.7. The number of carbonyl (C=O) groups excluding carboxylic acids is 1. The third-order valence-electron chi connectivity index (χ3n) is 4.19. The minimum absolute atomic E-state index is 0.0229. The standard InChI is InChI=1S/C21H15BrN2OS/c22-16-4-3-13-23-17(16)12-9-14-7-10-15(11-8-14)20(25)21-24-18-5-1-2-6-19(18)26-21/h1-8,10-11,13H,9,12H2. The molecule has 0 bridgehead atoms. The number of halogens is 1. The number of rotatable bonds is 5. The highest BCUT2D eigenvalue weighted by Crippen LogP contribution is 2.24. The molecule has 0 aliphatic carbocycles. The summed E-state index contributed by atoms with van der Waals surface area (Å²) in [7, 11) is 0. The molecule has 4 rings (SSSR count). The number of pyridine rings is 1. The predicted molar refractivity (Wildman–Crippen MR) is 109 cm³/mol. The average molecular weight is 423 g/mol. The van der Waals surface area contributed by atoms with Crippen molar-refractivity contribution in [2.45, 2.75) is 12.8 Å². The maximum absolute atomic E-state index is 12.7. The molecule has 0 spiro atoms. The Morgan fingerprint density at radius 3 is 2.54 bits per heavy atom. The van der Waals surface area contributed by atoms with Gasteiger partial charge in [-0.05, 0) is 58.6 Å². The van der Waals surface area contributed by atoms with E-state index in [1.54, 1.807) is 6.20 Å². The lowest BCUT2D eigenvalue weighted by molar-refractivity contribution is 0.103. The minimum Gasteiger partial charge on any atom is -0.286 e. The Labute approximate surface area is 163 Å². The highest BCUT2D eigenvalue weighted by atomic mass is 79.9. The van der Waals surface area contributed by atoms with E-state index in [1.165, 1.54) is 16.9 Å². The van der Waals surface area contributed by atoms with E-state index in [-0.39, 0.29) is 5.78 Å². The summed E-state index contributed by atoms with van der Waals surface area (Å²) in [6.07, 6.45) is 3.54. The van der Waals surface area contributed by atoms with Gasteiger partial charge in [-0.25, -0.2) is 4.98 Å². The van der Waals surface area contributed by atoms with Gasteiger partial charge in [-0.15, -0.1) is 11.3 Å². The molecule has 3 nitrogen and oxygen atoms in total. The van der Waals surface area contributed by atoms with Gasteiger partial charge in [0.1, 0.15) is 0 Å². The van der Waals surface area contributed by atoms with Gasteiger partial charge in [0.2, 0.25) is 5.78 Å². The van der Waals surface area contributed by atoms with Gasteiger partial charge < -0.3 is 0 Å². The first-order valence-electron chi connectivity index (χ1n) is 8.29. The summed E-state index contributed by atoms with van der Waals surface area (Å²) in [5, 5.41) is 0.538. The first-order chi connectivity index (χ1) is 12.7. The van der Waals surface area contributed by atoms with Gasteiger partial charge in [0.05, 0.1) is 15.9 Å². The molecule has 4 aromatic rings. The van der Waals surface area contributed by atoms with E-state index in [1.807, 2.05) is 60.7 Å². The predicted octanol–water partition coefficient (Wildman–Crippen LogP) is 5.47. The van der Waals surface area contributed by atoms with Crippen LogP contribution in [-0.2, 0) is 12.8 Å². The van der Waals surface area contributed by atoms with Crippen molar-refractivity contribution in [3.8, 4) is 0 Å². The number of thiazole rings is 1. The van der Waals surface area contributed by atoms with Gasteiger partial charge in [-0.3, -0.25) is 9.78 Å². The number of aromatic nitrogens is 2. The smallest absolute Gasteiger partial charge is 0.221 e. The number of hydrogen-bond acceptors (Lipinski definition) is 4. The zero-order valence-electron chi connectivity index (χ0n) is 13.9. The van der Waals surface area contributed by atoms with Crippen LogP contribution in [0.2, 0.25) is 0 Å². The van der Waals surface area contributed by atoms with Crippen molar-refractivity contribution in [3.05, 3.63) is 93.2 Å². The molecule has 0 saturated heterocycles. The topological polar surface area (TPSA) is 42.9 Å². The third-order valence-corrected chi connectivity index (χ3v) is 5.95. The molecule has 0 amide bonds. The first-order valence-corrected chi connectivity index (χ1v) is 9.90. The van der Waals surface area contributed by atoms with Gasteiger partial charge in [0.25, 0.3) is 0 Å². The van der Waals surface area contributed by atoms with Gasteiger partial charge >= 0.3 is 0 Å². The fourth-order valence-electron chi connectivity index (χ4n) is 2.78. The largest absolute Gasteiger partial charge is 0.286 e. The number of benzene rings is 2. The van der Waals surface area contributed by atoms with Crippen LogP contribution in [0.3, 0.4) is 0 Å². The summed E-state index contributed by atoms with van der Waals surface area (Å²) < 4.78 is 2.07. The molecule has 2 aromatic heterocycles. The zero-order chi connectivity index (χ0) is 17.9. The average Bonchev–Trinajstić information content (AvgIpc) is 3.11. The maximum Gasteiger partial charge on any atom is 0.221 e. The minimum atomic E-state index is -0.0229. The van der Waals surface area contributed by atoms with Crippen LogP contribution >= 0.6 is 27.3 Å². The second kappa shape index (κ2) is 7.48. The van der Waals surface area contributed by atoms with Crippen molar-refractivity contribution >= 4 is 43.3 Å². The Balaban J connectivity index is 1.48. The summed E-state index contributed by atoms with van der Waals surface area (Å²) in [5.41, 5.74) is 3.77. The second-order valence-corrected chi connectivity index (χ2v) is 7.83. The molecule has 0 aliphatic rings. The second-order valence-electron chi connectivity index (χ2n) is 5.94. The van der Waals surface area contributed by atoms with E-state index in [2.05, 4.69) is 25.9 Å². The van der Waals surface area contributed by atoms with E-state index < -0.39 is 0 Å². The summed E-state index contributed by atoms with van der Waals surface area (Å²) in [6, 6.07) is 19.5. The summed E-state index contributed by atoms with van der Waals surface area (Å²) in [4.78, 5) is 21.5. The van der Waals surface area contributed by atoms with E-state index in [0.29, 0.717) is 10.6 Å². The van der Waals surface area contributed by atoms with Crippen molar-refractivity contribution in [2.24, 2.45) is 0 Å². The molecule has 0 radical (unpaired) electrons. The summed E-state index contributed by atoms with van der Waals surface area (Å²) >= 11 is 4.97. The molecule has 0 atom stereocenters. The first kappa shape index (κ1) is 17.1.